The molecule has 2 aromatic carbocycles. The lowest BCUT2D eigenvalue weighted by atomic mass is 10.2. The normalized spacial score (nSPS) is 11.4. The Labute approximate surface area is 145 Å². The van der Waals surface area contributed by atoms with Crippen LogP contribution in [-0.4, -0.2) is 30.5 Å². The lowest BCUT2D eigenvalue weighted by molar-refractivity contribution is -0.385. The van der Waals surface area contributed by atoms with E-state index < -0.39 is 32.1 Å². The zero-order valence-electron chi connectivity index (χ0n) is 13.2. The topological polar surface area (TPSA) is 152 Å². The highest BCUT2D eigenvalue weighted by molar-refractivity contribution is 7.90. The number of H-pyrrole nitrogens is 1. The molecule has 26 heavy (non-hydrogen) atoms. The molecule has 2 N–H and O–H groups in total. The summed E-state index contributed by atoms with van der Waals surface area (Å²) >= 11 is 0. The summed E-state index contributed by atoms with van der Waals surface area (Å²) in [5.41, 5.74) is 0.214. The van der Waals surface area contributed by atoms with Crippen LogP contribution in [0.1, 0.15) is 10.4 Å². The van der Waals surface area contributed by atoms with Crippen LogP contribution >= 0.6 is 0 Å². The number of carbonyl (C=O) groups excluding carboxylic acids is 1. The first-order valence-electron chi connectivity index (χ1n) is 7.07. The maximum absolute atomic E-state index is 12.4. The molecule has 1 amide bonds. The van der Waals surface area contributed by atoms with Gasteiger partial charge in [-0.3, -0.25) is 19.9 Å². The zero-order valence-corrected chi connectivity index (χ0v) is 14.0. The molecule has 10 nitrogen and oxygen atoms in total. The fourth-order valence-electron chi connectivity index (χ4n) is 2.27. The summed E-state index contributed by atoms with van der Waals surface area (Å²) in [4.78, 5) is 35.8. The predicted octanol–water partition coefficient (Wildman–Crippen LogP) is 1.69. The molecule has 0 bridgehead atoms. The molecule has 1 heterocycles. The van der Waals surface area contributed by atoms with Gasteiger partial charge in [-0.15, -0.1) is 0 Å². The summed E-state index contributed by atoms with van der Waals surface area (Å²) in [5, 5.41) is 13.5. The summed E-state index contributed by atoms with van der Waals surface area (Å²) in [6.07, 6.45) is 0.886. The highest BCUT2D eigenvalue weighted by Gasteiger charge is 2.19. The zero-order chi connectivity index (χ0) is 19.1. The summed E-state index contributed by atoms with van der Waals surface area (Å²) in [6.45, 7) is 0. The Hall–Kier alpha value is -3.47. The number of nitrogens with zero attached hydrogens (tertiary/aromatic N) is 1. The van der Waals surface area contributed by atoms with Crippen LogP contribution in [0.25, 0.3) is 11.1 Å². The first-order chi connectivity index (χ1) is 12.1. The van der Waals surface area contributed by atoms with E-state index in [1.165, 1.54) is 18.2 Å². The number of fused-ring (bicyclic) bond motifs is 1. The van der Waals surface area contributed by atoms with E-state index in [9.17, 15) is 28.1 Å². The second kappa shape index (κ2) is 6.11. The number of oxazole rings is 1. The summed E-state index contributed by atoms with van der Waals surface area (Å²) in [6, 6.07) is 7.27. The SMILES string of the molecule is CS(=O)(=O)c1cc(C(=O)Nc2ccc3oc(=O)[nH]c3c2)cc([N+](=O)[O-])c1. The third kappa shape index (κ3) is 3.47. The van der Waals surface area contributed by atoms with Gasteiger partial charge in [-0.2, -0.15) is 0 Å². The van der Waals surface area contributed by atoms with Gasteiger partial charge in [0.15, 0.2) is 15.4 Å². The fraction of sp³-hybridized carbons (Fsp3) is 0.0667. The van der Waals surface area contributed by atoms with Crippen LogP contribution in [0.3, 0.4) is 0 Å². The van der Waals surface area contributed by atoms with Crippen molar-refractivity contribution in [2.45, 2.75) is 4.90 Å². The molecule has 0 unspecified atom stereocenters. The van der Waals surface area contributed by atoms with Crippen molar-refractivity contribution in [2.24, 2.45) is 0 Å². The highest BCUT2D eigenvalue weighted by atomic mass is 32.2. The summed E-state index contributed by atoms with van der Waals surface area (Å²) in [5.74, 6) is -1.40. The van der Waals surface area contributed by atoms with E-state index in [0.717, 1.165) is 24.5 Å². The van der Waals surface area contributed by atoms with Crippen LogP contribution in [0.15, 0.2) is 50.5 Å². The molecule has 0 saturated heterocycles. The number of rotatable bonds is 4. The standard InChI is InChI=1S/C15H11N3O7S/c1-26(23,24)11-5-8(4-10(7-11)18(21)22)14(19)16-9-2-3-13-12(6-9)17-15(20)25-13/h2-7H,1H3,(H,16,19)(H,17,20). The fourth-order valence-corrected chi connectivity index (χ4v) is 2.94. The maximum Gasteiger partial charge on any atom is 0.417 e. The smallest absolute Gasteiger partial charge is 0.408 e. The minimum atomic E-state index is -3.75. The molecule has 0 saturated carbocycles. The van der Waals surface area contributed by atoms with Crippen LogP contribution in [-0.2, 0) is 9.84 Å². The van der Waals surface area contributed by atoms with Gasteiger partial charge in [0.2, 0.25) is 0 Å². The first kappa shape index (κ1) is 17.4. The average Bonchev–Trinajstić information content (AvgIpc) is 2.92. The van der Waals surface area contributed by atoms with E-state index in [1.807, 2.05) is 0 Å². The minimum absolute atomic E-state index is 0.194. The molecule has 0 fully saturated rings. The van der Waals surface area contributed by atoms with Crippen LogP contribution < -0.4 is 11.1 Å². The van der Waals surface area contributed by atoms with Gasteiger partial charge in [0.05, 0.1) is 15.3 Å². The number of non-ortho nitro benzene ring substituents is 1. The number of benzene rings is 2. The average molecular weight is 377 g/mol. The molecule has 0 aliphatic heterocycles. The van der Waals surface area contributed by atoms with Gasteiger partial charge in [-0.05, 0) is 24.3 Å². The second-order valence-corrected chi connectivity index (χ2v) is 7.44. The number of carbonyl (C=O) groups is 1. The molecule has 0 spiro atoms. The van der Waals surface area contributed by atoms with Crippen molar-refractivity contribution >= 4 is 38.2 Å². The number of sulfone groups is 1. The lowest BCUT2D eigenvalue weighted by Gasteiger charge is -2.07. The van der Waals surface area contributed by atoms with Gasteiger partial charge in [-0.1, -0.05) is 0 Å². The molecule has 134 valence electrons. The van der Waals surface area contributed by atoms with E-state index in [2.05, 4.69) is 10.3 Å². The van der Waals surface area contributed by atoms with Crippen molar-refractivity contribution in [2.75, 3.05) is 11.6 Å². The Kier molecular flexibility index (Phi) is 4.08. The molecule has 0 aliphatic rings. The van der Waals surface area contributed by atoms with Crippen LogP contribution in [0.5, 0.6) is 0 Å². The van der Waals surface area contributed by atoms with Crippen LogP contribution in [0.4, 0.5) is 11.4 Å². The number of nitro groups is 1. The lowest BCUT2D eigenvalue weighted by Crippen LogP contribution is -2.13. The Morgan fingerprint density at radius 2 is 1.96 bits per heavy atom. The van der Waals surface area contributed by atoms with Crippen molar-refractivity contribution in [1.29, 1.82) is 0 Å². The van der Waals surface area contributed by atoms with E-state index >= 15 is 0 Å². The monoisotopic (exact) mass is 377 g/mol. The molecule has 0 atom stereocenters. The molecule has 0 aliphatic carbocycles. The number of nitrogens with one attached hydrogen (secondary N) is 2. The number of hydrogen-bond donors (Lipinski definition) is 2. The van der Waals surface area contributed by atoms with E-state index in [0.29, 0.717) is 11.1 Å². The van der Waals surface area contributed by atoms with E-state index in [-0.39, 0.29) is 16.1 Å². The van der Waals surface area contributed by atoms with Gasteiger partial charge in [-0.25, -0.2) is 13.2 Å². The van der Waals surface area contributed by atoms with Crippen LogP contribution in [0, 0.1) is 10.1 Å². The predicted molar refractivity (Wildman–Crippen MR) is 91.0 cm³/mol. The molecular formula is C15H11N3O7S. The van der Waals surface area contributed by atoms with Crippen molar-refractivity contribution in [3.05, 3.63) is 62.6 Å². The quantitative estimate of drug-likeness (QED) is 0.518. The number of anilines is 1. The number of aromatic amines is 1. The van der Waals surface area contributed by atoms with E-state index in [4.69, 9.17) is 4.42 Å². The van der Waals surface area contributed by atoms with Gasteiger partial charge >= 0.3 is 5.76 Å². The first-order valence-corrected chi connectivity index (χ1v) is 8.96. The molecule has 0 radical (unpaired) electrons. The molecule has 3 rings (SSSR count). The Morgan fingerprint density at radius 3 is 2.62 bits per heavy atom. The van der Waals surface area contributed by atoms with Crippen molar-refractivity contribution in [3.63, 3.8) is 0 Å². The summed E-state index contributed by atoms with van der Waals surface area (Å²) in [7, 11) is -3.75. The Bertz CT molecular complexity index is 1210. The van der Waals surface area contributed by atoms with Crippen molar-refractivity contribution in [3.8, 4) is 0 Å². The van der Waals surface area contributed by atoms with Gasteiger partial charge < -0.3 is 9.73 Å². The molecule has 11 heteroatoms. The minimum Gasteiger partial charge on any atom is -0.408 e. The van der Waals surface area contributed by atoms with Gasteiger partial charge in [0.25, 0.3) is 11.6 Å². The van der Waals surface area contributed by atoms with Crippen LogP contribution in [0.2, 0.25) is 0 Å². The molecular weight excluding hydrogens is 366 g/mol. The third-order valence-corrected chi connectivity index (χ3v) is 4.56. The largest absolute Gasteiger partial charge is 0.417 e. The Balaban J connectivity index is 1.98. The Morgan fingerprint density at radius 1 is 1.23 bits per heavy atom. The number of hydrogen-bond acceptors (Lipinski definition) is 7. The second-order valence-electron chi connectivity index (χ2n) is 5.42. The van der Waals surface area contributed by atoms with Crippen molar-refractivity contribution < 1.29 is 22.6 Å². The molecule has 3 aromatic rings. The molecule has 1 aromatic heterocycles. The number of nitro benzene ring substituents is 1. The van der Waals surface area contributed by atoms with Crippen molar-refractivity contribution in [1.82, 2.24) is 4.98 Å². The third-order valence-electron chi connectivity index (χ3n) is 3.47. The maximum atomic E-state index is 12.4. The van der Waals surface area contributed by atoms with E-state index in [1.54, 1.807) is 0 Å². The number of amides is 1. The highest BCUT2D eigenvalue weighted by Crippen LogP contribution is 2.22. The van der Waals surface area contributed by atoms with Gasteiger partial charge in [0.1, 0.15) is 0 Å². The summed E-state index contributed by atoms with van der Waals surface area (Å²) < 4.78 is 28.2. The van der Waals surface area contributed by atoms with Gasteiger partial charge in [0, 0.05) is 29.6 Å². The number of aromatic nitrogens is 1.